The molecule has 0 atom stereocenters. The highest BCUT2D eigenvalue weighted by molar-refractivity contribution is 9.10. The summed E-state index contributed by atoms with van der Waals surface area (Å²) in [4.78, 5) is 18.2. The van der Waals surface area contributed by atoms with E-state index in [2.05, 4.69) is 45.5 Å². The van der Waals surface area contributed by atoms with Crippen LogP contribution in [0.2, 0.25) is 0 Å². The number of hydrogen-bond acceptors (Lipinski definition) is 4. The minimum Gasteiger partial charge on any atom is -0.491 e. The van der Waals surface area contributed by atoms with Crippen molar-refractivity contribution in [2.24, 2.45) is 5.10 Å². The molecule has 35 heavy (non-hydrogen) atoms. The molecular formula is C28H31BrN4O2. The Morgan fingerprint density at radius 1 is 1.06 bits per heavy atom. The zero-order valence-electron chi connectivity index (χ0n) is 21.3. The van der Waals surface area contributed by atoms with Crippen molar-refractivity contribution < 1.29 is 4.74 Å². The van der Waals surface area contributed by atoms with Gasteiger partial charge in [-0.2, -0.15) is 9.78 Å². The van der Waals surface area contributed by atoms with Crippen molar-refractivity contribution in [2.45, 2.75) is 60.0 Å². The van der Waals surface area contributed by atoms with Crippen LogP contribution >= 0.6 is 15.9 Å². The van der Waals surface area contributed by atoms with Crippen molar-refractivity contribution in [1.29, 1.82) is 0 Å². The van der Waals surface area contributed by atoms with E-state index >= 15 is 0 Å². The molecule has 2 aromatic carbocycles. The van der Waals surface area contributed by atoms with Crippen LogP contribution in [0.3, 0.4) is 0 Å². The molecule has 0 amide bonds. The second-order valence-corrected chi connectivity index (χ2v) is 10.9. The maximum atomic E-state index is 13.4. The number of aromatic nitrogens is 3. The van der Waals surface area contributed by atoms with Gasteiger partial charge in [-0.1, -0.05) is 36.7 Å². The Balaban J connectivity index is 1.78. The predicted octanol–water partition coefficient (Wildman–Crippen LogP) is 6.53. The first kappa shape index (κ1) is 24.9. The molecular weight excluding hydrogens is 504 g/mol. The lowest BCUT2D eigenvalue weighted by Gasteiger charge is -2.20. The Kier molecular flexibility index (Phi) is 6.73. The smallest absolute Gasteiger partial charge is 0.282 e. The molecule has 0 spiro atoms. The standard InChI is InChI=1S/C28H31BrN4O2/c1-17(2)35-23-11-9-22(10-12-23)32-18(3)14-20(19(32)4)16-30-33-26(34)24-15-21(29)8-13-25(24)31-27(33)28(5,6)7/h8-17H,1-7H3. The molecule has 7 heteroatoms. The fourth-order valence-electron chi connectivity index (χ4n) is 4.12. The molecule has 0 saturated heterocycles. The van der Waals surface area contributed by atoms with Gasteiger partial charge in [0.25, 0.3) is 5.56 Å². The number of aryl methyl sites for hydroxylation is 1. The Morgan fingerprint density at radius 2 is 1.74 bits per heavy atom. The van der Waals surface area contributed by atoms with Crippen molar-refractivity contribution in [3.8, 4) is 11.4 Å². The molecule has 2 heterocycles. The molecule has 0 unspecified atom stereocenters. The number of ether oxygens (including phenoxy) is 1. The van der Waals surface area contributed by atoms with Crippen LogP contribution in [0.4, 0.5) is 0 Å². The second kappa shape index (κ2) is 9.46. The lowest BCUT2D eigenvalue weighted by molar-refractivity contribution is 0.242. The summed E-state index contributed by atoms with van der Waals surface area (Å²) < 4.78 is 10.2. The summed E-state index contributed by atoms with van der Waals surface area (Å²) in [6.07, 6.45) is 1.88. The van der Waals surface area contributed by atoms with Gasteiger partial charge in [0.05, 0.1) is 23.2 Å². The number of halogens is 1. The van der Waals surface area contributed by atoms with Crippen LogP contribution in [0.15, 0.2) is 62.9 Å². The summed E-state index contributed by atoms with van der Waals surface area (Å²) in [5.41, 5.74) is 4.20. The topological polar surface area (TPSA) is 61.4 Å². The Hall–Kier alpha value is -3.19. The quantitative estimate of drug-likeness (QED) is 0.273. The van der Waals surface area contributed by atoms with Crippen LogP contribution in [-0.4, -0.2) is 26.5 Å². The summed E-state index contributed by atoms with van der Waals surface area (Å²) in [6.45, 7) is 14.2. The summed E-state index contributed by atoms with van der Waals surface area (Å²) in [5, 5.41) is 5.17. The zero-order valence-corrected chi connectivity index (χ0v) is 22.8. The van der Waals surface area contributed by atoms with E-state index in [1.165, 1.54) is 4.68 Å². The Labute approximate surface area is 214 Å². The van der Waals surface area contributed by atoms with Crippen LogP contribution in [0.5, 0.6) is 5.75 Å². The second-order valence-electron chi connectivity index (χ2n) is 10.0. The van der Waals surface area contributed by atoms with Gasteiger partial charge in [-0.05, 0) is 76.2 Å². The van der Waals surface area contributed by atoms with Gasteiger partial charge < -0.3 is 9.30 Å². The van der Waals surface area contributed by atoms with E-state index in [9.17, 15) is 4.79 Å². The van der Waals surface area contributed by atoms with E-state index in [-0.39, 0.29) is 17.1 Å². The first-order valence-electron chi connectivity index (χ1n) is 11.7. The summed E-state index contributed by atoms with van der Waals surface area (Å²) >= 11 is 3.46. The van der Waals surface area contributed by atoms with Crippen LogP contribution in [-0.2, 0) is 5.41 Å². The minimum atomic E-state index is -0.367. The van der Waals surface area contributed by atoms with Gasteiger partial charge in [0.15, 0.2) is 0 Å². The van der Waals surface area contributed by atoms with E-state index in [1.807, 2.05) is 71.0 Å². The summed E-state index contributed by atoms with van der Waals surface area (Å²) in [7, 11) is 0. The monoisotopic (exact) mass is 534 g/mol. The maximum Gasteiger partial charge on any atom is 0.282 e. The Morgan fingerprint density at radius 3 is 2.37 bits per heavy atom. The van der Waals surface area contributed by atoms with E-state index in [4.69, 9.17) is 9.72 Å². The minimum absolute atomic E-state index is 0.130. The van der Waals surface area contributed by atoms with Gasteiger partial charge in [-0.3, -0.25) is 4.79 Å². The van der Waals surface area contributed by atoms with Crippen molar-refractivity contribution in [2.75, 3.05) is 0 Å². The Bertz CT molecular complexity index is 1470. The van der Waals surface area contributed by atoms with E-state index in [1.54, 1.807) is 12.3 Å². The van der Waals surface area contributed by atoms with Gasteiger partial charge in [0.2, 0.25) is 0 Å². The van der Waals surface area contributed by atoms with E-state index in [0.29, 0.717) is 16.7 Å². The van der Waals surface area contributed by atoms with Gasteiger partial charge in [-0.25, -0.2) is 4.98 Å². The van der Waals surface area contributed by atoms with Crippen LogP contribution in [0.25, 0.3) is 16.6 Å². The first-order chi connectivity index (χ1) is 16.5. The normalized spacial score (nSPS) is 12.3. The molecule has 182 valence electrons. The summed E-state index contributed by atoms with van der Waals surface area (Å²) in [6, 6.07) is 15.7. The van der Waals surface area contributed by atoms with Crippen molar-refractivity contribution in [1.82, 2.24) is 14.2 Å². The molecule has 0 bridgehead atoms. The predicted molar refractivity (Wildman–Crippen MR) is 146 cm³/mol. The molecule has 4 aromatic rings. The highest BCUT2D eigenvalue weighted by Gasteiger charge is 2.23. The molecule has 0 aliphatic heterocycles. The van der Waals surface area contributed by atoms with E-state index < -0.39 is 0 Å². The third kappa shape index (κ3) is 5.10. The molecule has 0 saturated carbocycles. The van der Waals surface area contributed by atoms with Crippen LogP contribution in [0, 0.1) is 13.8 Å². The number of fused-ring (bicyclic) bond motifs is 1. The van der Waals surface area contributed by atoms with Crippen LogP contribution in [0.1, 0.15) is 57.4 Å². The first-order valence-corrected chi connectivity index (χ1v) is 12.5. The van der Waals surface area contributed by atoms with Crippen molar-refractivity contribution in [3.63, 3.8) is 0 Å². The lowest BCUT2D eigenvalue weighted by Crippen LogP contribution is -2.29. The number of nitrogens with zero attached hydrogens (tertiary/aromatic N) is 4. The number of hydrogen-bond donors (Lipinski definition) is 0. The fourth-order valence-corrected chi connectivity index (χ4v) is 4.48. The average Bonchev–Trinajstić information content (AvgIpc) is 3.06. The molecule has 0 N–H and O–H groups in total. The summed E-state index contributed by atoms with van der Waals surface area (Å²) in [5.74, 6) is 1.46. The van der Waals surface area contributed by atoms with Gasteiger partial charge >= 0.3 is 0 Å². The third-order valence-corrected chi connectivity index (χ3v) is 6.22. The molecule has 4 rings (SSSR count). The largest absolute Gasteiger partial charge is 0.491 e. The van der Waals surface area contributed by atoms with Gasteiger partial charge in [0, 0.05) is 32.5 Å². The molecule has 0 radical (unpaired) electrons. The number of benzene rings is 2. The number of rotatable bonds is 5. The fraction of sp³-hybridized carbons (Fsp3) is 0.321. The van der Waals surface area contributed by atoms with Gasteiger partial charge in [0.1, 0.15) is 11.6 Å². The van der Waals surface area contributed by atoms with Gasteiger partial charge in [-0.15, -0.1) is 0 Å². The maximum absolute atomic E-state index is 13.4. The molecule has 0 aliphatic rings. The average molecular weight is 535 g/mol. The molecule has 0 aliphatic carbocycles. The highest BCUT2D eigenvalue weighted by atomic mass is 79.9. The highest BCUT2D eigenvalue weighted by Crippen LogP contribution is 2.25. The van der Waals surface area contributed by atoms with Crippen molar-refractivity contribution >= 4 is 33.0 Å². The van der Waals surface area contributed by atoms with E-state index in [0.717, 1.165) is 32.9 Å². The van der Waals surface area contributed by atoms with Crippen molar-refractivity contribution in [3.05, 3.63) is 86.1 Å². The third-order valence-electron chi connectivity index (χ3n) is 5.73. The molecule has 6 nitrogen and oxygen atoms in total. The van der Waals surface area contributed by atoms with Crippen LogP contribution < -0.4 is 10.3 Å². The molecule has 0 fully saturated rings. The molecule has 2 aromatic heterocycles. The lowest BCUT2D eigenvalue weighted by atomic mass is 9.95. The zero-order chi connectivity index (χ0) is 25.5. The SMILES string of the molecule is Cc1cc(C=Nn2c(C(C)(C)C)nc3ccc(Br)cc3c2=O)c(C)n1-c1ccc(OC(C)C)cc1.